The lowest BCUT2D eigenvalue weighted by Gasteiger charge is -2.13. The van der Waals surface area contributed by atoms with Gasteiger partial charge in [-0.2, -0.15) is 5.48 Å². The predicted octanol–water partition coefficient (Wildman–Crippen LogP) is 2.38. The normalized spacial score (nSPS) is 10.6. The average molecular weight is 239 g/mol. The molecule has 96 valence electrons. The van der Waals surface area contributed by atoms with Crippen molar-refractivity contribution in [2.75, 3.05) is 20.8 Å². The van der Waals surface area contributed by atoms with Gasteiger partial charge in [0.1, 0.15) is 0 Å². The second kappa shape index (κ2) is 7.14. The van der Waals surface area contributed by atoms with Gasteiger partial charge < -0.3 is 14.3 Å². The number of rotatable bonds is 7. The lowest BCUT2D eigenvalue weighted by Crippen LogP contribution is -2.17. The Balaban J connectivity index is 2.58. The largest absolute Gasteiger partial charge is 0.493 e. The van der Waals surface area contributed by atoms with Gasteiger partial charge in [0, 0.05) is 12.1 Å². The molecule has 0 saturated carbocycles. The molecular formula is C13H21NO3. The zero-order chi connectivity index (χ0) is 12.7. The summed E-state index contributed by atoms with van der Waals surface area (Å²) in [7, 11) is 3.26. The first-order valence-electron chi connectivity index (χ1n) is 5.73. The monoisotopic (exact) mass is 239 g/mol. The summed E-state index contributed by atoms with van der Waals surface area (Å²) in [4.78, 5) is 5.33. The van der Waals surface area contributed by atoms with Crippen molar-refractivity contribution in [3.8, 4) is 11.5 Å². The molecule has 0 aliphatic rings. The lowest BCUT2D eigenvalue weighted by molar-refractivity contribution is 0.0193. The Morgan fingerprint density at radius 3 is 2.53 bits per heavy atom. The van der Waals surface area contributed by atoms with Crippen LogP contribution in [0.4, 0.5) is 0 Å². The Bertz CT molecular complexity index is 339. The number of nitrogens with one attached hydrogen (secondary N) is 1. The van der Waals surface area contributed by atoms with Crippen LogP contribution in [0.25, 0.3) is 0 Å². The SMILES string of the molecule is COc1cccc(CNOCC(C)C)c1OC. The van der Waals surface area contributed by atoms with Crippen molar-refractivity contribution >= 4 is 0 Å². The van der Waals surface area contributed by atoms with Crippen LogP contribution in [0.2, 0.25) is 0 Å². The number of hydroxylamine groups is 1. The van der Waals surface area contributed by atoms with Crippen molar-refractivity contribution in [1.29, 1.82) is 0 Å². The molecule has 0 unspecified atom stereocenters. The van der Waals surface area contributed by atoms with Gasteiger partial charge in [-0.15, -0.1) is 0 Å². The highest BCUT2D eigenvalue weighted by molar-refractivity contribution is 5.46. The van der Waals surface area contributed by atoms with Crippen LogP contribution in [0.3, 0.4) is 0 Å². The molecule has 1 N–H and O–H groups in total. The molecule has 4 nitrogen and oxygen atoms in total. The Morgan fingerprint density at radius 1 is 1.18 bits per heavy atom. The Labute approximate surface area is 103 Å². The van der Waals surface area contributed by atoms with Gasteiger partial charge in [-0.3, -0.25) is 0 Å². The summed E-state index contributed by atoms with van der Waals surface area (Å²) in [6, 6.07) is 5.78. The molecule has 0 amide bonds. The van der Waals surface area contributed by atoms with Crippen LogP contribution < -0.4 is 15.0 Å². The zero-order valence-corrected chi connectivity index (χ0v) is 10.9. The summed E-state index contributed by atoms with van der Waals surface area (Å²) in [5.41, 5.74) is 3.93. The summed E-state index contributed by atoms with van der Waals surface area (Å²) in [5.74, 6) is 1.99. The maximum atomic E-state index is 5.33. The lowest BCUT2D eigenvalue weighted by atomic mass is 10.2. The number of ether oxygens (including phenoxy) is 2. The van der Waals surface area contributed by atoms with E-state index in [1.807, 2.05) is 18.2 Å². The van der Waals surface area contributed by atoms with Crippen molar-refractivity contribution in [2.24, 2.45) is 5.92 Å². The molecular weight excluding hydrogens is 218 g/mol. The highest BCUT2D eigenvalue weighted by Crippen LogP contribution is 2.30. The van der Waals surface area contributed by atoms with Gasteiger partial charge in [-0.05, 0) is 12.0 Å². The molecule has 1 aromatic carbocycles. The second-order valence-corrected chi connectivity index (χ2v) is 4.18. The molecule has 17 heavy (non-hydrogen) atoms. The minimum atomic E-state index is 0.509. The zero-order valence-electron chi connectivity index (χ0n) is 10.9. The predicted molar refractivity (Wildman–Crippen MR) is 67.2 cm³/mol. The number of methoxy groups -OCH3 is 2. The van der Waals surface area contributed by atoms with Gasteiger partial charge in [-0.25, -0.2) is 0 Å². The van der Waals surface area contributed by atoms with E-state index < -0.39 is 0 Å². The number of para-hydroxylation sites is 1. The van der Waals surface area contributed by atoms with Crippen molar-refractivity contribution in [2.45, 2.75) is 20.4 Å². The van der Waals surface area contributed by atoms with E-state index in [-0.39, 0.29) is 0 Å². The van der Waals surface area contributed by atoms with Crippen LogP contribution in [0.5, 0.6) is 11.5 Å². The first-order valence-corrected chi connectivity index (χ1v) is 5.73. The third-order valence-electron chi connectivity index (χ3n) is 2.27. The van der Waals surface area contributed by atoms with Gasteiger partial charge in [0.15, 0.2) is 11.5 Å². The van der Waals surface area contributed by atoms with Crippen molar-refractivity contribution in [3.05, 3.63) is 23.8 Å². The second-order valence-electron chi connectivity index (χ2n) is 4.18. The summed E-state index contributed by atoms with van der Waals surface area (Å²) in [6.07, 6.45) is 0. The molecule has 0 aliphatic heterocycles. The van der Waals surface area contributed by atoms with E-state index in [0.717, 1.165) is 17.1 Å². The van der Waals surface area contributed by atoms with E-state index in [2.05, 4.69) is 19.3 Å². The van der Waals surface area contributed by atoms with Crippen LogP contribution >= 0.6 is 0 Å². The van der Waals surface area contributed by atoms with E-state index in [0.29, 0.717) is 19.1 Å². The Hall–Kier alpha value is -1.26. The van der Waals surface area contributed by atoms with Crippen LogP contribution in [0, 0.1) is 5.92 Å². The fourth-order valence-corrected chi connectivity index (χ4v) is 1.45. The van der Waals surface area contributed by atoms with Crippen LogP contribution in [-0.2, 0) is 11.4 Å². The van der Waals surface area contributed by atoms with Crippen LogP contribution in [-0.4, -0.2) is 20.8 Å². The van der Waals surface area contributed by atoms with Crippen LogP contribution in [0.15, 0.2) is 18.2 Å². The average Bonchev–Trinajstić information content (AvgIpc) is 2.33. The van der Waals surface area contributed by atoms with Crippen molar-refractivity contribution < 1.29 is 14.3 Å². The van der Waals surface area contributed by atoms with Gasteiger partial charge >= 0.3 is 0 Å². The highest BCUT2D eigenvalue weighted by Gasteiger charge is 2.08. The summed E-state index contributed by atoms with van der Waals surface area (Å²) >= 11 is 0. The maximum Gasteiger partial charge on any atom is 0.165 e. The van der Waals surface area contributed by atoms with Crippen molar-refractivity contribution in [1.82, 2.24) is 5.48 Å². The summed E-state index contributed by atoms with van der Waals surface area (Å²) in [5, 5.41) is 0. The van der Waals surface area contributed by atoms with E-state index in [4.69, 9.17) is 14.3 Å². The van der Waals surface area contributed by atoms with E-state index in [9.17, 15) is 0 Å². The molecule has 0 saturated heterocycles. The van der Waals surface area contributed by atoms with E-state index in [1.165, 1.54) is 0 Å². The Kier molecular flexibility index (Phi) is 5.80. The Morgan fingerprint density at radius 2 is 1.94 bits per heavy atom. The number of benzene rings is 1. The molecule has 0 atom stereocenters. The molecule has 0 radical (unpaired) electrons. The highest BCUT2D eigenvalue weighted by atomic mass is 16.6. The summed E-state index contributed by atoms with van der Waals surface area (Å²) < 4.78 is 10.6. The molecule has 1 aromatic rings. The smallest absolute Gasteiger partial charge is 0.165 e. The van der Waals surface area contributed by atoms with Gasteiger partial charge in [0.2, 0.25) is 0 Å². The molecule has 0 fully saturated rings. The number of hydrogen-bond acceptors (Lipinski definition) is 4. The molecule has 0 heterocycles. The third-order valence-corrected chi connectivity index (χ3v) is 2.27. The van der Waals surface area contributed by atoms with Crippen LogP contribution in [0.1, 0.15) is 19.4 Å². The minimum absolute atomic E-state index is 0.509. The van der Waals surface area contributed by atoms with Crippen molar-refractivity contribution in [3.63, 3.8) is 0 Å². The first kappa shape index (κ1) is 13.8. The van der Waals surface area contributed by atoms with E-state index >= 15 is 0 Å². The van der Waals surface area contributed by atoms with Gasteiger partial charge in [0.05, 0.1) is 20.8 Å². The fraction of sp³-hybridized carbons (Fsp3) is 0.538. The number of hydrogen-bond donors (Lipinski definition) is 1. The molecule has 1 rings (SSSR count). The molecule has 4 heteroatoms. The first-order chi connectivity index (χ1) is 8.19. The standard InChI is InChI=1S/C13H21NO3/c1-10(2)9-17-14-8-11-6-5-7-12(15-3)13(11)16-4/h5-7,10,14H,8-9H2,1-4H3. The topological polar surface area (TPSA) is 39.7 Å². The fourth-order valence-electron chi connectivity index (χ4n) is 1.45. The molecule has 0 aliphatic carbocycles. The quantitative estimate of drug-likeness (QED) is 0.586. The molecule has 0 bridgehead atoms. The summed E-state index contributed by atoms with van der Waals surface area (Å²) in [6.45, 7) is 5.49. The maximum absolute atomic E-state index is 5.33. The van der Waals surface area contributed by atoms with Gasteiger partial charge in [0.25, 0.3) is 0 Å². The molecule has 0 aromatic heterocycles. The molecule has 0 spiro atoms. The van der Waals surface area contributed by atoms with E-state index in [1.54, 1.807) is 14.2 Å². The minimum Gasteiger partial charge on any atom is -0.493 e. The van der Waals surface area contributed by atoms with Gasteiger partial charge in [-0.1, -0.05) is 26.0 Å². The third kappa shape index (κ3) is 4.24.